The fraction of sp³-hybridized carbons (Fsp3) is 0.857. The first kappa shape index (κ1) is 48.8. The molecule has 0 aromatic rings. The fourth-order valence-electron chi connectivity index (χ4n) is 6.75. The van der Waals surface area contributed by atoms with Crippen LogP contribution in [0, 0.1) is 17.8 Å². The van der Waals surface area contributed by atoms with Gasteiger partial charge in [-0.15, -0.1) is 0 Å². The molecule has 0 spiro atoms. The van der Waals surface area contributed by atoms with Crippen molar-refractivity contribution in [3.8, 4) is 0 Å². The lowest BCUT2D eigenvalue weighted by atomic mass is 9.87. The second-order valence-electron chi connectivity index (χ2n) is 19.7. The van der Waals surface area contributed by atoms with E-state index in [4.69, 9.17) is 23.1 Å². The molecule has 0 bridgehead atoms. The number of esters is 2. The maximum absolute atomic E-state index is 13.6. The third kappa shape index (κ3) is 13.6. The number of rotatable bonds is 14. The Labute approximate surface area is 330 Å². The summed E-state index contributed by atoms with van der Waals surface area (Å²) in [6, 6.07) is 0. The quantitative estimate of drug-likeness (QED) is 0.0680. The maximum Gasteiger partial charge on any atom is 0.308 e. The second kappa shape index (κ2) is 18.9. The predicted octanol–water partition coefficient (Wildman–Crippen LogP) is 8.25. The minimum absolute atomic E-state index is 0.0238. The number of carbonyl (C=O) groups is 2. The summed E-state index contributed by atoms with van der Waals surface area (Å²) in [6.45, 7) is 34.7. The Bertz CT molecular complexity index is 1300. The number of epoxide rings is 1. The van der Waals surface area contributed by atoms with Crippen molar-refractivity contribution in [1.29, 1.82) is 0 Å². The van der Waals surface area contributed by atoms with Gasteiger partial charge < -0.3 is 38.4 Å². The topological polar surface area (TPSA) is 144 Å². The molecule has 0 amide bonds. The summed E-state index contributed by atoms with van der Waals surface area (Å²) in [5.74, 6) is -1.48. The predicted molar refractivity (Wildman–Crippen MR) is 220 cm³/mol. The van der Waals surface area contributed by atoms with Gasteiger partial charge in [-0.3, -0.25) is 9.59 Å². The van der Waals surface area contributed by atoms with Gasteiger partial charge in [0.25, 0.3) is 0 Å². The average Bonchev–Trinajstić information content (AvgIpc) is 3.79. The van der Waals surface area contributed by atoms with Crippen LogP contribution in [0.25, 0.3) is 0 Å². The Balaban J connectivity index is 2.28. The van der Waals surface area contributed by atoms with Gasteiger partial charge in [-0.2, -0.15) is 0 Å². The van der Waals surface area contributed by atoms with E-state index in [1.807, 2.05) is 13.8 Å². The summed E-state index contributed by atoms with van der Waals surface area (Å²) in [7, 11) is -4.27. The fourth-order valence-corrected chi connectivity index (χ4v) is 9.63. The van der Waals surface area contributed by atoms with E-state index < -0.39 is 70.6 Å². The third-order valence-electron chi connectivity index (χ3n) is 12.7. The molecule has 3 N–H and O–H groups in total. The molecular weight excluding hydrogens is 721 g/mol. The molecular formula is C42H78O10Si2. The average molecular weight is 799 g/mol. The van der Waals surface area contributed by atoms with E-state index in [-0.39, 0.29) is 53.1 Å². The van der Waals surface area contributed by atoms with Crippen molar-refractivity contribution in [2.75, 3.05) is 0 Å². The molecule has 2 rings (SSSR count). The molecule has 2 unspecified atom stereocenters. The number of ether oxygens (including phenoxy) is 3. The molecule has 2 aliphatic heterocycles. The normalized spacial score (nSPS) is 31.6. The van der Waals surface area contributed by atoms with Crippen molar-refractivity contribution in [2.24, 2.45) is 17.8 Å². The zero-order valence-electron chi connectivity index (χ0n) is 36.8. The standard InChI is InChI=1S/C42H78O10Si2/c1-18-33(52-54(16,17)41(10,11)12)29(5)39-34(49-39)24-27(3)37(46)32(44)23-28(4)38-26(2)19-20-35(48-30(6)43)42(13,47)22-21-31(25-36(45)50-38)51-53(14,15)40(7,8)9/h19-20,23,26-27,29,31-35,37-39,44,46-47H,18,21-22,24-25H2,1-17H3/b20-19+,28-23+/t26-,27-,29+,31+,32?,33+,34-,35-,37?,38-,39+,42+/m0/s1. The van der Waals surface area contributed by atoms with E-state index in [0.29, 0.717) is 18.4 Å². The first-order valence-electron chi connectivity index (χ1n) is 20.3. The minimum atomic E-state index is -2.32. The molecule has 0 saturated carbocycles. The molecule has 54 heavy (non-hydrogen) atoms. The summed E-state index contributed by atoms with van der Waals surface area (Å²) in [5, 5.41) is 34.2. The molecule has 12 atom stereocenters. The Morgan fingerprint density at radius 2 is 1.61 bits per heavy atom. The van der Waals surface area contributed by atoms with Gasteiger partial charge in [0.2, 0.25) is 0 Å². The first-order chi connectivity index (χ1) is 24.4. The van der Waals surface area contributed by atoms with E-state index in [0.717, 1.165) is 6.42 Å². The molecule has 1 saturated heterocycles. The Kier molecular flexibility index (Phi) is 17.1. The second-order valence-corrected chi connectivity index (χ2v) is 29.2. The van der Waals surface area contributed by atoms with Gasteiger partial charge in [0.05, 0.1) is 36.9 Å². The summed E-state index contributed by atoms with van der Waals surface area (Å²) in [4.78, 5) is 25.7. The monoisotopic (exact) mass is 799 g/mol. The smallest absolute Gasteiger partial charge is 0.308 e. The van der Waals surface area contributed by atoms with E-state index in [9.17, 15) is 24.9 Å². The van der Waals surface area contributed by atoms with Crippen LogP contribution in [0.15, 0.2) is 23.8 Å². The maximum atomic E-state index is 13.6. The van der Waals surface area contributed by atoms with Crippen LogP contribution in [0.5, 0.6) is 0 Å². The molecule has 0 aromatic heterocycles. The van der Waals surface area contributed by atoms with Crippen LogP contribution in [0.1, 0.15) is 122 Å². The summed E-state index contributed by atoms with van der Waals surface area (Å²) in [5.41, 5.74) is -0.856. The van der Waals surface area contributed by atoms with E-state index in [2.05, 4.69) is 81.6 Å². The lowest BCUT2D eigenvalue weighted by molar-refractivity contribution is -0.157. The number of hydrogen-bond donors (Lipinski definition) is 3. The van der Waals surface area contributed by atoms with Crippen LogP contribution in [-0.4, -0.2) is 98.3 Å². The van der Waals surface area contributed by atoms with Crippen LogP contribution in [0.3, 0.4) is 0 Å². The Morgan fingerprint density at radius 1 is 1.04 bits per heavy atom. The molecule has 1 fully saturated rings. The highest BCUT2D eigenvalue weighted by Gasteiger charge is 2.49. The van der Waals surface area contributed by atoms with Crippen LogP contribution in [-0.2, 0) is 32.7 Å². The van der Waals surface area contributed by atoms with Crippen LogP contribution in [0.4, 0.5) is 0 Å². The zero-order chi connectivity index (χ0) is 41.8. The lowest BCUT2D eigenvalue weighted by Crippen LogP contribution is -2.46. The van der Waals surface area contributed by atoms with Crippen molar-refractivity contribution >= 4 is 28.6 Å². The highest BCUT2D eigenvalue weighted by Crippen LogP contribution is 2.43. The van der Waals surface area contributed by atoms with Crippen molar-refractivity contribution in [1.82, 2.24) is 0 Å². The van der Waals surface area contributed by atoms with Gasteiger partial charge in [-0.05, 0) is 93.4 Å². The highest BCUT2D eigenvalue weighted by atomic mass is 28.4. The minimum Gasteiger partial charge on any atom is -0.457 e. The largest absolute Gasteiger partial charge is 0.457 e. The summed E-state index contributed by atoms with van der Waals surface area (Å²) >= 11 is 0. The summed E-state index contributed by atoms with van der Waals surface area (Å²) in [6.07, 6.45) is 2.54. The van der Waals surface area contributed by atoms with E-state index in [1.54, 1.807) is 32.1 Å². The van der Waals surface area contributed by atoms with Gasteiger partial charge in [0.1, 0.15) is 17.8 Å². The number of hydrogen-bond acceptors (Lipinski definition) is 10. The molecule has 0 aromatic carbocycles. The molecule has 12 heteroatoms. The molecule has 314 valence electrons. The van der Waals surface area contributed by atoms with Crippen molar-refractivity contribution < 1.29 is 48.0 Å². The number of aliphatic hydroxyl groups is 3. The highest BCUT2D eigenvalue weighted by molar-refractivity contribution is 6.74. The van der Waals surface area contributed by atoms with Crippen molar-refractivity contribution in [2.45, 2.75) is 213 Å². The first-order valence-corrected chi connectivity index (χ1v) is 26.1. The summed E-state index contributed by atoms with van der Waals surface area (Å²) < 4.78 is 31.3. The molecule has 10 nitrogen and oxygen atoms in total. The lowest BCUT2D eigenvalue weighted by Gasteiger charge is -2.40. The van der Waals surface area contributed by atoms with Gasteiger partial charge in [-0.1, -0.05) is 81.4 Å². The van der Waals surface area contributed by atoms with Crippen molar-refractivity contribution in [3.05, 3.63) is 23.8 Å². The van der Waals surface area contributed by atoms with Crippen LogP contribution >= 0.6 is 0 Å². The van der Waals surface area contributed by atoms with Gasteiger partial charge in [-0.25, -0.2) is 0 Å². The molecule has 2 heterocycles. The SMILES string of the molecule is CC[C@@H](O[Si](C)(C)C(C)(C)C)[C@@H](C)[C@H]1O[C@H]1C[C@H](C)C(O)C(O)/C=C(\C)[C@H]1OC(=O)C[C@H](O[Si](C)(C)C(C)(C)C)CC[C@@](C)(O)[C@@H](OC(C)=O)/C=C/[C@@H]1C. The number of cyclic esters (lactones) is 1. The Morgan fingerprint density at radius 3 is 2.13 bits per heavy atom. The van der Waals surface area contributed by atoms with Crippen LogP contribution < -0.4 is 0 Å². The number of aliphatic hydroxyl groups excluding tert-OH is 2. The van der Waals surface area contributed by atoms with Crippen LogP contribution in [0.2, 0.25) is 36.3 Å². The van der Waals surface area contributed by atoms with Gasteiger partial charge >= 0.3 is 11.9 Å². The molecule has 2 aliphatic rings. The van der Waals surface area contributed by atoms with Crippen molar-refractivity contribution in [3.63, 3.8) is 0 Å². The van der Waals surface area contributed by atoms with E-state index in [1.165, 1.54) is 6.92 Å². The van der Waals surface area contributed by atoms with Gasteiger partial charge in [0.15, 0.2) is 16.6 Å². The van der Waals surface area contributed by atoms with E-state index >= 15 is 0 Å². The Hall–Kier alpha value is -1.39. The van der Waals surface area contributed by atoms with Gasteiger partial charge in [0, 0.05) is 24.9 Å². The third-order valence-corrected chi connectivity index (χ3v) is 21.7. The molecule has 0 radical (unpaired) electrons. The zero-order valence-corrected chi connectivity index (χ0v) is 38.8. The number of carbonyl (C=O) groups excluding carboxylic acids is 2. The molecule has 0 aliphatic carbocycles.